The molecule has 0 bridgehead atoms. The zero-order valence-electron chi connectivity index (χ0n) is 9.49. The first-order chi connectivity index (χ1) is 8.52. The van der Waals surface area contributed by atoms with Crippen molar-refractivity contribution in [1.29, 1.82) is 0 Å². The molecule has 7 nitrogen and oxygen atoms in total. The maximum atomic E-state index is 11.6. The first-order valence-corrected chi connectivity index (χ1v) is 5.93. The van der Waals surface area contributed by atoms with E-state index in [1.165, 1.54) is 16.8 Å². The lowest BCUT2D eigenvalue weighted by atomic mass is 10.0. The summed E-state index contributed by atoms with van der Waals surface area (Å²) in [6.07, 6.45) is -0.0799. The van der Waals surface area contributed by atoms with E-state index in [0.29, 0.717) is 0 Å². The van der Waals surface area contributed by atoms with Gasteiger partial charge in [-0.1, -0.05) is 0 Å². The summed E-state index contributed by atoms with van der Waals surface area (Å²) in [5.74, 6) is 0.0405. The van der Waals surface area contributed by atoms with Crippen molar-refractivity contribution in [2.45, 2.75) is 24.4 Å². The molecule has 3 atom stereocenters. The molecular weight excluding hydrogens is 262 g/mol. The topological polar surface area (TPSA) is 111 Å². The van der Waals surface area contributed by atoms with Crippen molar-refractivity contribution in [3.05, 3.63) is 22.7 Å². The van der Waals surface area contributed by atoms with Crippen LogP contribution in [0, 0.1) is 0 Å². The number of ether oxygens (including phenoxy) is 1. The van der Waals surface area contributed by atoms with E-state index in [1.807, 2.05) is 0 Å². The fraction of sp³-hybridized carbons (Fsp3) is 0.600. The van der Waals surface area contributed by atoms with Crippen molar-refractivity contribution in [3.63, 3.8) is 0 Å². The van der Waals surface area contributed by atoms with Crippen LogP contribution in [0.4, 0.5) is 5.82 Å². The van der Waals surface area contributed by atoms with Crippen molar-refractivity contribution in [2.24, 2.45) is 0 Å². The summed E-state index contributed by atoms with van der Waals surface area (Å²) in [5, 5.41) is 19.2. The Bertz CT molecular complexity index is 488. The van der Waals surface area contributed by atoms with E-state index in [-0.39, 0.29) is 18.1 Å². The van der Waals surface area contributed by atoms with Crippen LogP contribution in [-0.4, -0.2) is 44.0 Å². The van der Waals surface area contributed by atoms with Gasteiger partial charge < -0.3 is 20.7 Å². The number of nitrogen functional groups attached to an aromatic ring is 1. The molecule has 0 spiro atoms. The van der Waals surface area contributed by atoms with Crippen molar-refractivity contribution in [1.82, 2.24) is 9.55 Å². The Balaban J connectivity index is 2.30. The highest BCUT2D eigenvalue weighted by Gasteiger charge is 2.48. The normalized spacial score (nSPS) is 31.7. The maximum absolute atomic E-state index is 11.6. The third kappa shape index (κ3) is 2.10. The van der Waals surface area contributed by atoms with Gasteiger partial charge in [-0.2, -0.15) is 4.98 Å². The van der Waals surface area contributed by atoms with E-state index in [0.717, 1.165) is 0 Å². The number of halogens is 1. The molecule has 18 heavy (non-hydrogen) atoms. The Labute approximate surface area is 108 Å². The van der Waals surface area contributed by atoms with Gasteiger partial charge in [0.2, 0.25) is 0 Å². The minimum Gasteiger partial charge on any atom is -0.393 e. The largest absolute Gasteiger partial charge is 0.393 e. The van der Waals surface area contributed by atoms with Crippen molar-refractivity contribution in [3.8, 4) is 0 Å². The molecular formula is C10H14ClN3O4. The highest BCUT2D eigenvalue weighted by Crippen LogP contribution is 2.36. The van der Waals surface area contributed by atoms with Crippen LogP contribution in [0.2, 0.25) is 0 Å². The van der Waals surface area contributed by atoms with E-state index in [1.54, 1.807) is 0 Å². The Kier molecular flexibility index (Phi) is 3.58. The number of anilines is 1. The van der Waals surface area contributed by atoms with E-state index in [4.69, 9.17) is 22.1 Å². The molecule has 4 N–H and O–H groups in total. The summed E-state index contributed by atoms with van der Waals surface area (Å²) in [5.41, 5.74) is 3.57. The number of nitrogens with zero attached hydrogens (tertiary/aromatic N) is 2. The van der Waals surface area contributed by atoms with Crippen molar-refractivity contribution in [2.75, 3.05) is 18.2 Å². The first-order valence-electron chi connectivity index (χ1n) is 5.40. The van der Waals surface area contributed by atoms with Gasteiger partial charge in [-0.15, -0.1) is 11.6 Å². The minimum absolute atomic E-state index is 0.0711. The van der Waals surface area contributed by atoms with Crippen LogP contribution in [0.5, 0.6) is 0 Å². The molecule has 2 rings (SSSR count). The summed E-state index contributed by atoms with van der Waals surface area (Å²) in [6.45, 7) is -0.425. The molecule has 1 saturated heterocycles. The van der Waals surface area contributed by atoms with E-state index < -0.39 is 30.2 Å². The molecule has 1 aromatic heterocycles. The molecule has 1 aliphatic rings. The van der Waals surface area contributed by atoms with Gasteiger partial charge in [-0.25, -0.2) is 4.79 Å². The number of nitrogens with two attached hydrogens (primary N) is 1. The Morgan fingerprint density at radius 3 is 2.94 bits per heavy atom. The van der Waals surface area contributed by atoms with Crippen LogP contribution in [-0.2, 0) is 4.74 Å². The number of aliphatic hydroxyl groups is 2. The van der Waals surface area contributed by atoms with E-state index >= 15 is 0 Å². The second-order valence-corrected chi connectivity index (χ2v) is 4.49. The zero-order valence-corrected chi connectivity index (χ0v) is 10.2. The summed E-state index contributed by atoms with van der Waals surface area (Å²) >= 11 is 5.71. The third-order valence-electron chi connectivity index (χ3n) is 3.06. The Hall–Kier alpha value is -1.15. The highest BCUT2D eigenvalue weighted by atomic mass is 35.5. The smallest absolute Gasteiger partial charge is 0.351 e. The standard InChI is InChI=1S/C10H14ClN3O4/c11-4-10(5-15)6(16)3-8(18-10)14-2-1-7(12)13-9(14)17/h1-2,6,8,15-16H,3-5H2,(H2,12,13,17). The lowest BCUT2D eigenvalue weighted by Crippen LogP contribution is -2.45. The summed E-state index contributed by atoms with van der Waals surface area (Å²) in [4.78, 5) is 15.2. The lowest BCUT2D eigenvalue weighted by molar-refractivity contribution is -0.114. The van der Waals surface area contributed by atoms with Gasteiger partial charge in [0.25, 0.3) is 0 Å². The SMILES string of the molecule is Nc1ccn(C2CC(O)C(CO)(CCl)O2)c(=O)n1. The quantitative estimate of drug-likeness (QED) is 0.615. The molecule has 0 saturated carbocycles. The molecule has 8 heteroatoms. The molecule has 1 aromatic rings. The minimum atomic E-state index is -1.24. The molecule has 0 radical (unpaired) electrons. The average Bonchev–Trinajstić information content (AvgIpc) is 2.67. The zero-order chi connectivity index (χ0) is 13.3. The monoisotopic (exact) mass is 275 g/mol. The van der Waals surface area contributed by atoms with Crippen LogP contribution in [0.1, 0.15) is 12.6 Å². The van der Waals surface area contributed by atoms with Gasteiger partial charge in [0, 0.05) is 12.6 Å². The Morgan fingerprint density at radius 1 is 1.72 bits per heavy atom. The lowest BCUT2D eigenvalue weighted by Gasteiger charge is -2.27. The van der Waals surface area contributed by atoms with Crippen molar-refractivity contribution < 1.29 is 14.9 Å². The van der Waals surface area contributed by atoms with E-state index in [9.17, 15) is 15.0 Å². The average molecular weight is 276 g/mol. The summed E-state index contributed by atoms with van der Waals surface area (Å²) < 4.78 is 6.73. The summed E-state index contributed by atoms with van der Waals surface area (Å²) in [7, 11) is 0. The number of alkyl halides is 1. The predicted octanol–water partition coefficient (Wildman–Crippen LogP) is -0.925. The van der Waals surface area contributed by atoms with Crippen molar-refractivity contribution >= 4 is 17.4 Å². The van der Waals surface area contributed by atoms with Crippen LogP contribution < -0.4 is 11.4 Å². The summed E-state index contributed by atoms with van der Waals surface area (Å²) in [6, 6.07) is 1.46. The fourth-order valence-corrected chi connectivity index (χ4v) is 2.25. The van der Waals surface area contributed by atoms with Gasteiger partial charge in [-0.05, 0) is 6.07 Å². The third-order valence-corrected chi connectivity index (χ3v) is 3.51. The van der Waals surface area contributed by atoms with Crippen LogP contribution in [0.15, 0.2) is 17.1 Å². The Morgan fingerprint density at radius 2 is 2.44 bits per heavy atom. The molecule has 100 valence electrons. The van der Waals surface area contributed by atoms with Gasteiger partial charge in [-0.3, -0.25) is 4.57 Å². The number of hydrogen-bond donors (Lipinski definition) is 3. The highest BCUT2D eigenvalue weighted by molar-refractivity contribution is 6.18. The maximum Gasteiger partial charge on any atom is 0.351 e. The van der Waals surface area contributed by atoms with Gasteiger partial charge in [0.05, 0.1) is 18.6 Å². The molecule has 1 aliphatic heterocycles. The second kappa shape index (κ2) is 4.85. The van der Waals surface area contributed by atoms with Gasteiger partial charge in [0.15, 0.2) is 0 Å². The molecule has 0 amide bonds. The predicted molar refractivity (Wildman–Crippen MR) is 64.2 cm³/mol. The molecule has 3 unspecified atom stereocenters. The molecule has 0 aromatic carbocycles. The van der Waals surface area contributed by atoms with Crippen LogP contribution >= 0.6 is 11.6 Å². The van der Waals surface area contributed by atoms with E-state index in [2.05, 4.69) is 4.98 Å². The van der Waals surface area contributed by atoms with Gasteiger partial charge >= 0.3 is 5.69 Å². The van der Waals surface area contributed by atoms with Crippen LogP contribution in [0.25, 0.3) is 0 Å². The number of aromatic nitrogens is 2. The number of hydrogen-bond acceptors (Lipinski definition) is 6. The molecule has 1 fully saturated rings. The molecule has 0 aliphatic carbocycles. The number of rotatable bonds is 3. The van der Waals surface area contributed by atoms with Gasteiger partial charge in [0.1, 0.15) is 17.6 Å². The number of aliphatic hydroxyl groups excluding tert-OH is 2. The fourth-order valence-electron chi connectivity index (χ4n) is 1.92. The van der Waals surface area contributed by atoms with Crippen LogP contribution in [0.3, 0.4) is 0 Å². The molecule has 2 heterocycles. The first kappa shape index (κ1) is 13.3. The second-order valence-electron chi connectivity index (χ2n) is 4.22.